The molecule has 0 radical (unpaired) electrons. The van der Waals surface area contributed by atoms with Crippen molar-refractivity contribution in [1.82, 2.24) is 0 Å². The van der Waals surface area contributed by atoms with Crippen LogP contribution in [0, 0.1) is 19.8 Å². The zero-order valence-corrected chi connectivity index (χ0v) is 13.0. The van der Waals surface area contributed by atoms with Gasteiger partial charge in [-0.3, -0.25) is 0 Å². The summed E-state index contributed by atoms with van der Waals surface area (Å²) in [4.78, 5) is 1.51. The normalized spacial score (nSPS) is 24.4. The van der Waals surface area contributed by atoms with Gasteiger partial charge in [0.1, 0.15) is 25.0 Å². The van der Waals surface area contributed by atoms with E-state index >= 15 is 0 Å². The van der Waals surface area contributed by atoms with Gasteiger partial charge in [-0.2, -0.15) is 0 Å². The molecule has 1 aliphatic rings. The van der Waals surface area contributed by atoms with E-state index in [4.69, 9.17) is 4.74 Å². The second-order valence-corrected chi connectivity index (χ2v) is 6.32. The Bertz CT molecular complexity index is 433. The second-order valence-electron chi connectivity index (χ2n) is 6.32. The molecule has 1 aromatic rings. The van der Waals surface area contributed by atoms with Gasteiger partial charge in [-0.15, -0.1) is 0 Å². The number of hydrogen-bond acceptors (Lipinski definition) is 2. The molecular formula is C17H28NO2+. The Labute approximate surface area is 122 Å². The first-order valence-electron chi connectivity index (χ1n) is 7.77. The number of nitrogens with one attached hydrogen (secondary N) is 1. The minimum atomic E-state index is -0.379. The minimum Gasteiger partial charge on any atom is -0.490 e. The van der Waals surface area contributed by atoms with Crippen LogP contribution < -0.4 is 9.64 Å². The highest BCUT2D eigenvalue weighted by Crippen LogP contribution is 2.20. The number of aliphatic hydroxyl groups is 1. The van der Waals surface area contributed by atoms with Crippen LogP contribution in [0.3, 0.4) is 0 Å². The number of aliphatic hydroxyl groups excluding tert-OH is 1. The Hall–Kier alpha value is -1.06. The Morgan fingerprint density at radius 2 is 2.20 bits per heavy atom. The van der Waals surface area contributed by atoms with Crippen molar-refractivity contribution in [1.29, 1.82) is 0 Å². The highest BCUT2D eigenvalue weighted by atomic mass is 16.5. The zero-order valence-electron chi connectivity index (χ0n) is 13.0. The minimum absolute atomic E-state index is 0.379. The van der Waals surface area contributed by atoms with Gasteiger partial charge >= 0.3 is 0 Å². The fraction of sp³-hybridized carbons (Fsp3) is 0.647. The fourth-order valence-electron chi connectivity index (χ4n) is 3.04. The van der Waals surface area contributed by atoms with Crippen LogP contribution >= 0.6 is 0 Å². The molecule has 1 unspecified atom stereocenters. The molecule has 0 amide bonds. The number of benzene rings is 1. The number of aryl methyl sites for hydroxylation is 1. The molecule has 1 aliphatic heterocycles. The van der Waals surface area contributed by atoms with E-state index in [1.54, 1.807) is 0 Å². The number of hydrogen-bond donors (Lipinski definition) is 2. The smallest absolute Gasteiger partial charge is 0.137 e. The van der Waals surface area contributed by atoms with Crippen molar-refractivity contribution in [3.8, 4) is 5.75 Å². The lowest BCUT2D eigenvalue weighted by atomic mass is 10.0. The van der Waals surface area contributed by atoms with Crippen LogP contribution in [0.25, 0.3) is 0 Å². The Morgan fingerprint density at radius 3 is 2.95 bits per heavy atom. The molecule has 0 saturated carbocycles. The lowest BCUT2D eigenvalue weighted by molar-refractivity contribution is -0.911. The molecule has 0 bridgehead atoms. The van der Waals surface area contributed by atoms with Gasteiger partial charge in [0.25, 0.3) is 0 Å². The van der Waals surface area contributed by atoms with Crippen LogP contribution in [0.4, 0.5) is 0 Å². The van der Waals surface area contributed by atoms with E-state index in [-0.39, 0.29) is 6.10 Å². The summed E-state index contributed by atoms with van der Waals surface area (Å²) in [5.74, 6) is 1.68. The van der Waals surface area contributed by atoms with Gasteiger partial charge in [0.15, 0.2) is 0 Å². The number of piperidine rings is 1. The largest absolute Gasteiger partial charge is 0.490 e. The molecule has 1 aromatic carbocycles. The van der Waals surface area contributed by atoms with Gasteiger partial charge < -0.3 is 14.7 Å². The van der Waals surface area contributed by atoms with Crippen molar-refractivity contribution in [3.63, 3.8) is 0 Å². The topological polar surface area (TPSA) is 33.9 Å². The van der Waals surface area contributed by atoms with E-state index in [0.717, 1.165) is 18.2 Å². The third-order valence-electron chi connectivity index (χ3n) is 4.37. The molecule has 112 valence electrons. The summed E-state index contributed by atoms with van der Waals surface area (Å²) in [6.45, 7) is 10.0. The molecule has 20 heavy (non-hydrogen) atoms. The third kappa shape index (κ3) is 4.22. The van der Waals surface area contributed by atoms with Gasteiger partial charge in [-0.1, -0.05) is 19.1 Å². The molecule has 0 aromatic heterocycles. The van der Waals surface area contributed by atoms with Gasteiger partial charge in [-0.05, 0) is 43.9 Å². The molecule has 3 nitrogen and oxygen atoms in total. The van der Waals surface area contributed by atoms with E-state index in [9.17, 15) is 5.11 Å². The van der Waals surface area contributed by atoms with Crippen LogP contribution in [0.2, 0.25) is 0 Å². The van der Waals surface area contributed by atoms with E-state index < -0.39 is 0 Å². The van der Waals surface area contributed by atoms with Crippen molar-refractivity contribution in [2.45, 2.75) is 39.7 Å². The Kier molecular flexibility index (Phi) is 5.44. The van der Waals surface area contributed by atoms with Gasteiger partial charge in [0.2, 0.25) is 0 Å². The Morgan fingerprint density at radius 1 is 1.40 bits per heavy atom. The molecular weight excluding hydrogens is 250 g/mol. The van der Waals surface area contributed by atoms with Gasteiger partial charge in [-0.25, -0.2) is 0 Å². The molecule has 2 rings (SSSR count). The maximum atomic E-state index is 10.2. The molecule has 2 N–H and O–H groups in total. The van der Waals surface area contributed by atoms with E-state index in [2.05, 4.69) is 26.8 Å². The van der Waals surface area contributed by atoms with Crippen molar-refractivity contribution in [2.75, 3.05) is 26.2 Å². The number of ether oxygens (including phenoxy) is 1. The highest BCUT2D eigenvalue weighted by molar-refractivity contribution is 5.38. The molecule has 0 aliphatic carbocycles. The molecule has 3 heteroatoms. The summed E-state index contributed by atoms with van der Waals surface area (Å²) in [7, 11) is 0. The fourth-order valence-corrected chi connectivity index (χ4v) is 3.04. The zero-order chi connectivity index (χ0) is 14.5. The van der Waals surface area contributed by atoms with Gasteiger partial charge in [0, 0.05) is 5.92 Å². The number of likely N-dealkylation sites (tertiary alicyclic amines) is 1. The van der Waals surface area contributed by atoms with E-state index in [1.807, 2.05) is 12.1 Å². The monoisotopic (exact) mass is 278 g/mol. The van der Waals surface area contributed by atoms with Crippen molar-refractivity contribution < 1.29 is 14.7 Å². The van der Waals surface area contributed by atoms with E-state index in [0.29, 0.717) is 6.61 Å². The highest BCUT2D eigenvalue weighted by Gasteiger charge is 2.22. The quantitative estimate of drug-likeness (QED) is 0.853. The molecule has 0 spiro atoms. The summed E-state index contributed by atoms with van der Waals surface area (Å²) in [6.07, 6.45) is 2.23. The van der Waals surface area contributed by atoms with Crippen LogP contribution in [-0.4, -0.2) is 37.5 Å². The number of quaternary nitrogens is 1. The maximum absolute atomic E-state index is 10.2. The van der Waals surface area contributed by atoms with Crippen molar-refractivity contribution >= 4 is 0 Å². The van der Waals surface area contributed by atoms with Crippen molar-refractivity contribution in [3.05, 3.63) is 29.3 Å². The molecule has 1 heterocycles. The van der Waals surface area contributed by atoms with Crippen LogP contribution in [0.15, 0.2) is 18.2 Å². The first kappa shape index (κ1) is 15.3. The Balaban J connectivity index is 1.80. The molecule has 1 fully saturated rings. The van der Waals surface area contributed by atoms with Crippen LogP contribution in [-0.2, 0) is 0 Å². The van der Waals surface area contributed by atoms with Crippen LogP contribution in [0.5, 0.6) is 5.75 Å². The SMILES string of the molecule is Cc1cccc(OC[C@@H](O)C[NH+]2CCC[C@H](C)C2)c1C. The number of rotatable bonds is 5. The molecule has 1 saturated heterocycles. The maximum Gasteiger partial charge on any atom is 0.137 e. The van der Waals surface area contributed by atoms with Crippen LogP contribution in [0.1, 0.15) is 30.9 Å². The predicted molar refractivity (Wildman–Crippen MR) is 81.4 cm³/mol. The summed E-state index contributed by atoms with van der Waals surface area (Å²) < 4.78 is 5.78. The molecule has 3 atom stereocenters. The van der Waals surface area contributed by atoms with Crippen molar-refractivity contribution in [2.24, 2.45) is 5.92 Å². The first-order valence-corrected chi connectivity index (χ1v) is 7.77. The first-order chi connectivity index (χ1) is 9.56. The average Bonchev–Trinajstić information content (AvgIpc) is 2.40. The summed E-state index contributed by atoms with van der Waals surface area (Å²) in [5, 5.41) is 10.2. The summed E-state index contributed by atoms with van der Waals surface area (Å²) in [5.41, 5.74) is 2.39. The lowest BCUT2D eigenvalue weighted by Crippen LogP contribution is -3.14. The summed E-state index contributed by atoms with van der Waals surface area (Å²) >= 11 is 0. The average molecular weight is 278 g/mol. The predicted octanol–water partition coefficient (Wildman–Crippen LogP) is 1.36. The third-order valence-corrected chi connectivity index (χ3v) is 4.37. The lowest BCUT2D eigenvalue weighted by Gasteiger charge is -2.29. The summed E-state index contributed by atoms with van der Waals surface area (Å²) in [6, 6.07) is 6.06. The standard InChI is InChI=1S/C17H27NO2/c1-13-6-5-9-18(10-13)11-16(19)12-20-17-8-4-7-14(2)15(17)3/h4,7-8,13,16,19H,5-6,9-12H2,1-3H3/p+1/t13-,16-/m0/s1. The van der Waals surface area contributed by atoms with Gasteiger partial charge in [0.05, 0.1) is 13.1 Å². The second kappa shape index (κ2) is 7.09. The van der Waals surface area contributed by atoms with E-state index in [1.165, 1.54) is 42.0 Å².